The lowest BCUT2D eigenvalue weighted by Crippen LogP contribution is -2.42. The van der Waals surface area contributed by atoms with Gasteiger partial charge in [0.1, 0.15) is 18.2 Å². The van der Waals surface area contributed by atoms with Gasteiger partial charge in [0.25, 0.3) is 3.98 Å². The van der Waals surface area contributed by atoms with Gasteiger partial charge >= 0.3 is 0 Å². The van der Waals surface area contributed by atoms with E-state index in [1.54, 1.807) is 17.2 Å². The van der Waals surface area contributed by atoms with Crippen LogP contribution in [0.1, 0.15) is 12.8 Å². The van der Waals surface area contributed by atoms with Crippen molar-refractivity contribution in [2.75, 3.05) is 26.2 Å². The van der Waals surface area contributed by atoms with Crippen LogP contribution in [0, 0.1) is 0 Å². The molecule has 0 saturated heterocycles. The number of aliphatic hydroxyl groups excluding tert-OH is 2. The Morgan fingerprint density at radius 1 is 1.27 bits per heavy atom. The third-order valence-corrected chi connectivity index (χ3v) is 5.79. The minimum Gasteiger partial charge on any atom is -0.373 e. The molecule has 3 unspecified atom stereocenters. The van der Waals surface area contributed by atoms with E-state index in [2.05, 4.69) is 32.0 Å². The molecule has 0 bridgehead atoms. The van der Waals surface area contributed by atoms with Gasteiger partial charge in [-0.3, -0.25) is 5.32 Å². The van der Waals surface area contributed by atoms with Crippen molar-refractivity contribution in [3.63, 3.8) is 0 Å². The molecule has 4 aliphatic rings. The zero-order chi connectivity index (χ0) is 23.4. The van der Waals surface area contributed by atoms with Gasteiger partial charge < -0.3 is 35.4 Å². The van der Waals surface area contributed by atoms with Gasteiger partial charge in [-0.25, -0.2) is 4.99 Å². The standard InChI is InChI=1S/C21H27Cl3N6O3/c22-21(23,24)33-8-6-25-10-14-4-5-17-27-15(13-29(17)12-14)11-26-20(32)16-9-19(31)30-7-2-1-3-18(30)28-16/h1-3,7,9,12-13,17,19-20,25-27,31-32H,4-6,8,10-11H2. The van der Waals surface area contributed by atoms with Crippen LogP contribution in [-0.4, -0.2) is 74.7 Å². The van der Waals surface area contributed by atoms with Crippen LogP contribution in [0.25, 0.3) is 0 Å². The van der Waals surface area contributed by atoms with E-state index in [9.17, 15) is 10.2 Å². The molecule has 9 nitrogen and oxygen atoms in total. The maximum atomic E-state index is 10.6. The Balaban J connectivity index is 1.24. The van der Waals surface area contributed by atoms with Gasteiger partial charge in [0, 0.05) is 43.9 Å². The van der Waals surface area contributed by atoms with E-state index < -0.39 is 16.4 Å². The monoisotopic (exact) mass is 516 g/mol. The topological polar surface area (TPSA) is 105 Å². The lowest BCUT2D eigenvalue weighted by Gasteiger charge is -2.31. The van der Waals surface area contributed by atoms with Gasteiger partial charge in [-0.1, -0.05) is 40.9 Å². The van der Waals surface area contributed by atoms with Gasteiger partial charge in [-0.15, -0.1) is 0 Å². The molecule has 0 amide bonds. The predicted molar refractivity (Wildman–Crippen MR) is 129 cm³/mol. The molecule has 0 aliphatic carbocycles. The summed E-state index contributed by atoms with van der Waals surface area (Å²) >= 11 is 16.7. The number of alkyl halides is 3. The normalized spacial score (nSPS) is 25.0. The lowest BCUT2D eigenvalue weighted by molar-refractivity contribution is 0.116. The average molecular weight is 518 g/mol. The zero-order valence-corrected chi connectivity index (χ0v) is 20.1. The number of nitrogens with zero attached hydrogens (tertiary/aromatic N) is 3. The van der Waals surface area contributed by atoms with Crippen molar-refractivity contribution < 1.29 is 14.9 Å². The van der Waals surface area contributed by atoms with Gasteiger partial charge in [-0.2, -0.15) is 0 Å². The first-order chi connectivity index (χ1) is 15.8. The van der Waals surface area contributed by atoms with Crippen LogP contribution in [-0.2, 0) is 4.74 Å². The zero-order valence-electron chi connectivity index (χ0n) is 17.8. The number of allylic oxidation sites excluding steroid dienone is 2. The Kier molecular flexibility index (Phi) is 8.03. The summed E-state index contributed by atoms with van der Waals surface area (Å²) in [6.07, 6.45) is 13.1. The van der Waals surface area contributed by atoms with Gasteiger partial charge in [0.05, 0.1) is 12.3 Å². The number of aliphatic hydroxyl groups is 2. The van der Waals surface area contributed by atoms with E-state index in [1.165, 1.54) is 11.6 Å². The fraction of sp³-hybridized carbons (Fsp3) is 0.476. The van der Waals surface area contributed by atoms with Crippen molar-refractivity contribution in [2.45, 2.75) is 35.4 Å². The highest BCUT2D eigenvalue weighted by molar-refractivity contribution is 6.66. The maximum Gasteiger partial charge on any atom is 0.297 e. The maximum absolute atomic E-state index is 10.6. The molecule has 33 heavy (non-hydrogen) atoms. The van der Waals surface area contributed by atoms with E-state index >= 15 is 0 Å². The second kappa shape index (κ2) is 10.8. The first-order valence-electron chi connectivity index (χ1n) is 10.7. The number of hydrogen-bond acceptors (Lipinski definition) is 9. The molecule has 4 rings (SSSR count). The van der Waals surface area contributed by atoms with Crippen LogP contribution < -0.4 is 16.0 Å². The van der Waals surface area contributed by atoms with Crippen molar-refractivity contribution in [3.05, 3.63) is 59.9 Å². The molecule has 0 spiro atoms. The molecule has 3 atom stereocenters. The summed E-state index contributed by atoms with van der Waals surface area (Å²) in [5, 5.41) is 30.6. The largest absolute Gasteiger partial charge is 0.373 e. The molecule has 0 aromatic heterocycles. The van der Waals surface area contributed by atoms with Crippen LogP contribution in [0.2, 0.25) is 0 Å². The lowest BCUT2D eigenvalue weighted by atomic mass is 10.1. The van der Waals surface area contributed by atoms with Crippen LogP contribution in [0.15, 0.2) is 64.9 Å². The summed E-state index contributed by atoms with van der Waals surface area (Å²) in [7, 11) is 0. The molecule has 0 saturated carbocycles. The Bertz CT molecular complexity index is 911. The summed E-state index contributed by atoms with van der Waals surface area (Å²) < 4.78 is 3.36. The molecule has 180 valence electrons. The highest BCUT2D eigenvalue weighted by atomic mass is 35.6. The number of ether oxygens (including phenoxy) is 1. The third-order valence-electron chi connectivity index (χ3n) is 5.47. The summed E-state index contributed by atoms with van der Waals surface area (Å²) in [4.78, 5) is 8.20. The molecule has 4 heterocycles. The molecule has 12 heteroatoms. The quantitative estimate of drug-likeness (QED) is 0.178. The van der Waals surface area contributed by atoms with Crippen LogP contribution in [0.3, 0.4) is 0 Å². The van der Waals surface area contributed by atoms with Crippen molar-refractivity contribution >= 4 is 40.6 Å². The van der Waals surface area contributed by atoms with E-state index in [0.717, 1.165) is 25.1 Å². The van der Waals surface area contributed by atoms with Crippen molar-refractivity contribution in [1.29, 1.82) is 0 Å². The molecule has 0 fully saturated rings. The number of aliphatic imine (C=N–C) groups is 1. The highest BCUT2D eigenvalue weighted by Crippen LogP contribution is 2.27. The minimum absolute atomic E-state index is 0.194. The first kappa shape index (κ1) is 24.6. The fourth-order valence-corrected chi connectivity index (χ4v) is 4.12. The van der Waals surface area contributed by atoms with Gasteiger partial charge in [0.2, 0.25) is 0 Å². The van der Waals surface area contributed by atoms with Crippen molar-refractivity contribution in [1.82, 2.24) is 25.8 Å². The summed E-state index contributed by atoms with van der Waals surface area (Å²) in [5.74, 6) is 0.587. The van der Waals surface area contributed by atoms with E-state index in [0.29, 0.717) is 31.2 Å². The Morgan fingerprint density at radius 3 is 2.94 bits per heavy atom. The molecule has 0 aromatic rings. The van der Waals surface area contributed by atoms with E-state index in [-0.39, 0.29) is 6.17 Å². The first-order valence-corrected chi connectivity index (χ1v) is 11.8. The third kappa shape index (κ3) is 6.74. The van der Waals surface area contributed by atoms with Crippen LogP contribution >= 0.6 is 34.8 Å². The second-order valence-corrected chi connectivity index (χ2v) is 10.1. The molecule has 5 N–H and O–H groups in total. The Morgan fingerprint density at radius 2 is 2.12 bits per heavy atom. The Labute approximate surface area is 207 Å². The van der Waals surface area contributed by atoms with E-state index in [4.69, 9.17) is 39.5 Å². The minimum atomic E-state index is -1.69. The number of halogens is 3. The fourth-order valence-electron chi connectivity index (χ4n) is 3.89. The van der Waals surface area contributed by atoms with Crippen molar-refractivity contribution in [3.8, 4) is 0 Å². The smallest absolute Gasteiger partial charge is 0.297 e. The molecule has 0 radical (unpaired) electrons. The summed E-state index contributed by atoms with van der Waals surface area (Å²) in [6, 6.07) is 0. The number of hydrogen-bond donors (Lipinski definition) is 5. The van der Waals surface area contributed by atoms with Gasteiger partial charge in [0.15, 0.2) is 6.23 Å². The highest BCUT2D eigenvalue weighted by Gasteiger charge is 2.28. The SMILES string of the molecule is OC(NCC1=CN2C=C(CNCCOC(Cl)(Cl)Cl)CCC2N1)C1=CC(O)N2C=CC=CC2=N1. The summed E-state index contributed by atoms with van der Waals surface area (Å²) in [5.41, 5.74) is 2.62. The van der Waals surface area contributed by atoms with E-state index in [1.807, 2.05) is 18.4 Å². The molecular weight excluding hydrogens is 491 g/mol. The summed E-state index contributed by atoms with van der Waals surface area (Å²) in [6.45, 7) is 2.04. The molecule has 4 aliphatic heterocycles. The average Bonchev–Trinajstić information content (AvgIpc) is 3.18. The van der Waals surface area contributed by atoms with Crippen molar-refractivity contribution in [2.24, 2.45) is 4.99 Å². The molecule has 0 aromatic carbocycles. The number of rotatable bonds is 9. The Hall–Kier alpha value is -1.56. The predicted octanol–water partition coefficient (Wildman–Crippen LogP) is 1.58. The number of fused-ring (bicyclic) bond motifs is 2. The molecular formula is C21H27Cl3N6O3. The number of amidine groups is 1. The number of nitrogens with one attached hydrogen (secondary N) is 3. The van der Waals surface area contributed by atoms with Gasteiger partial charge in [-0.05, 0) is 36.6 Å². The second-order valence-electron chi connectivity index (χ2n) is 7.93. The van der Waals surface area contributed by atoms with Crippen LogP contribution in [0.5, 0.6) is 0 Å². The van der Waals surface area contributed by atoms with Crippen LogP contribution in [0.4, 0.5) is 0 Å².